The van der Waals surface area contributed by atoms with E-state index in [2.05, 4.69) is 17.6 Å². The van der Waals surface area contributed by atoms with Gasteiger partial charge in [0.2, 0.25) is 0 Å². The van der Waals surface area contributed by atoms with Crippen LogP contribution in [-0.4, -0.2) is 4.57 Å². The normalized spacial score (nSPS) is 11.2. The highest BCUT2D eigenvalue weighted by molar-refractivity contribution is 5.93. The zero-order chi connectivity index (χ0) is 12.7. The van der Waals surface area contributed by atoms with Gasteiger partial charge >= 0.3 is 0 Å². The molecule has 90 valence electrons. The molecule has 0 N–H and O–H groups in total. The maximum Gasteiger partial charge on any atom is 0.197 e. The lowest BCUT2D eigenvalue weighted by Gasteiger charge is -2.10. The summed E-state index contributed by atoms with van der Waals surface area (Å²) in [5.74, 6) is 0. The summed E-state index contributed by atoms with van der Waals surface area (Å²) in [6.07, 6.45) is 0.950. The predicted molar refractivity (Wildman–Crippen MR) is 76.1 cm³/mol. The minimum atomic E-state index is 0.133. The van der Waals surface area contributed by atoms with Gasteiger partial charge in [0, 0.05) is 17.8 Å². The van der Waals surface area contributed by atoms with E-state index in [1.54, 1.807) is 0 Å². The lowest BCUT2D eigenvalue weighted by atomic mass is 10.1. The molecule has 0 unspecified atom stereocenters. The molecule has 1 heterocycles. The van der Waals surface area contributed by atoms with Gasteiger partial charge in [-0.15, -0.1) is 0 Å². The average molecular weight is 237 g/mol. The molecule has 18 heavy (non-hydrogen) atoms. The van der Waals surface area contributed by atoms with Crippen molar-refractivity contribution in [2.45, 2.75) is 13.3 Å². The molecular weight excluding hydrogens is 222 g/mol. The molecule has 2 aromatic carbocycles. The Bertz CT molecular complexity index is 799. The number of hydrogen-bond acceptors (Lipinski definition) is 1. The number of pyridine rings is 1. The van der Waals surface area contributed by atoms with Crippen molar-refractivity contribution in [3.05, 3.63) is 58.3 Å². The third-order valence-electron chi connectivity index (χ3n) is 3.59. The highest BCUT2D eigenvalue weighted by Gasteiger charge is 2.08. The Morgan fingerprint density at radius 1 is 1.00 bits per heavy atom. The molecule has 0 spiro atoms. The largest absolute Gasteiger partial charge is 0.343 e. The van der Waals surface area contributed by atoms with Crippen LogP contribution in [0.3, 0.4) is 0 Å². The van der Waals surface area contributed by atoms with Gasteiger partial charge in [-0.05, 0) is 36.2 Å². The van der Waals surface area contributed by atoms with Crippen molar-refractivity contribution in [1.82, 2.24) is 4.57 Å². The first kappa shape index (κ1) is 11.0. The Balaban J connectivity index is 2.58. The van der Waals surface area contributed by atoms with Crippen LogP contribution >= 0.6 is 0 Å². The minimum Gasteiger partial charge on any atom is -0.343 e. The zero-order valence-electron chi connectivity index (χ0n) is 10.6. The number of aryl methyl sites for hydroxylation is 2. The van der Waals surface area contributed by atoms with E-state index in [9.17, 15) is 4.79 Å². The first-order valence-electron chi connectivity index (χ1n) is 6.22. The standard InChI is InChI=1S/C16H15NO/c1-3-11-8-9-15-13(10-11)16(18)12-6-4-5-7-14(12)17(15)2/h4-10H,3H2,1-2H3. The molecular formula is C16H15NO. The molecule has 0 aliphatic rings. The van der Waals surface area contributed by atoms with Gasteiger partial charge in [0.25, 0.3) is 0 Å². The Morgan fingerprint density at radius 2 is 1.72 bits per heavy atom. The van der Waals surface area contributed by atoms with E-state index in [4.69, 9.17) is 0 Å². The summed E-state index contributed by atoms with van der Waals surface area (Å²) in [4.78, 5) is 12.5. The average Bonchev–Trinajstić information content (AvgIpc) is 2.44. The monoisotopic (exact) mass is 237 g/mol. The second kappa shape index (κ2) is 3.98. The predicted octanol–water partition coefficient (Wildman–Crippen LogP) is 3.25. The molecule has 0 atom stereocenters. The molecule has 0 saturated heterocycles. The van der Waals surface area contributed by atoms with Crippen LogP contribution in [0.1, 0.15) is 12.5 Å². The van der Waals surface area contributed by atoms with Crippen LogP contribution in [0.15, 0.2) is 47.3 Å². The number of fused-ring (bicyclic) bond motifs is 2. The fraction of sp³-hybridized carbons (Fsp3) is 0.188. The van der Waals surface area contributed by atoms with Crippen molar-refractivity contribution in [2.75, 3.05) is 0 Å². The maximum atomic E-state index is 12.5. The number of benzene rings is 2. The van der Waals surface area contributed by atoms with E-state index in [0.29, 0.717) is 0 Å². The van der Waals surface area contributed by atoms with E-state index in [1.807, 2.05) is 43.4 Å². The summed E-state index contributed by atoms with van der Waals surface area (Å²) in [5.41, 5.74) is 3.32. The van der Waals surface area contributed by atoms with Crippen molar-refractivity contribution in [3.63, 3.8) is 0 Å². The van der Waals surface area contributed by atoms with Crippen molar-refractivity contribution < 1.29 is 0 Å². The van der Waals surface area contributed by atoms with E-state index in [1.165, 1.54) is 5.56 Å². The van der Waals surface area contributed by atoms with E-state index >= 15 is 0 Å². The Morgan fingerprint density at radius 3 is 2.50 bits per heavy atom. The molecule has 0 radical (unpaired) electrons. The highest BCUT2D eigenvalue weighted by Crippen LogP contribution is 2.19. The van der Waals surface area contributed by atoms with Crippen molar-refractivity contribution >= 4 is 21.8 Å². The molecule has 0 aliphatic heterocycles. The SMILES string of the molecule is CCc1ccc2c(c1)c(=O)c1ccccc1n2C. The van der Waals surface area contributed by atoms with Gasteiger partial charge in [-0.1, -0.05) is 25.1 Å². The topological polar surface area (TPSA) is 22.0 Å². The third-order valence-corrected chi connectivity index (χ3v) is 3.59. The first-order valence-corrected chi connectivity index (χ1v) is 6.22. The molecule has 2 nitrogen and oxygen atoms in total. The smallest absolute Gasteiger partial charge is 0.197 e. The molecule has 1 aromatic heterocycles. The summed E-state index contributed by atoms with van der Waals surface area (Å²) < 4.78 is 2.09. The molecule has 0 saturated carbocycles. The van der Waals surface area contributed by atoms with Crippen LogP contribution in [-0.2, 0) is 13.5 Å². The summed E-state index contributed by atoms with van der Waals surface area (Å²) in [6, 6.07) is 13.9. The van der Waals surface area contributed by atoms with Crippen LogP contribution in [0.25, 0.3) is 21.8 Å². The summed E-state index contributed by atoms with van der Waals surface area (Å²) in [5, 5.41) is 1.61. The number of aromatic nitrogens is 1. The molecule has 0 bridgehead atoms. The van der Waals surface area contributed by atoms with Gasteiger partial charge in [0.15, 0.2) is 5.43 Å². The number of para-hydroxylation sites is 1. The number of nitrogens with zero attached hydrogens (tertiary/aromatic N) is 1. The molecule has 2 heteroatoms. The second-order valence-electron chi connectivity index (χ2n) is 4.61. The van der Waals surface area contributed by atoms with E-state index < -0.39 is 0 Å². The zero-order valence-corrected chi connectivity index (χ0v) is 10.6. The van der Waals surface area contributed by atoms with Crippen LogP contribution in [0.2, 0.25) is 0 Å². The minimum absolute atomic E-state index is 0.133. The Hall–Kier alpha value is -2.09. The van der Waals surface area contributed by atoms with Gasteiger partial charge in [-0.25, -0.2) is 0 Å². The van der Waals surface area contributed by atoms with Gasteiger partial charge < -0.3 is 4.57 Å². The summed E-state index contributed by atoms with van der Waals surface area (Å²) in [7, 11) is 2.01. The summed E-state index contributed by atoms with van der Waals surface area (Å²) in [6.45, 7) is 2.10. The fourth-order valence-corrected chi connectivity index (χ4v) is 2.51. The molecule has 3 rings (SSSR count). The van der Waals surface area contributed by atoms with Crippen LogP contribution in [0, 0.1) is 0 Å². The van der Waals surface area contributed by atoms with Gasteiger partial charge in [0.1, 0.15) is 0 Å². The lowest BCUT2D eigenvalue weighted by molar-refractivity contribution is 1.00. The quantitative estimate of drug-likeness (QED) is 0.595. The highest BCUT2D eigenvalue weighted by atomic mass is 16.1. The van der Waals surface area contributed by atoms with E-state index in [0.717, 1.165) is 28.2 Å². The maximum absolute atomic E-state index is 12.5. The molecule has 0 fully saturated rings. The van der Waals surface area contributed by atoms with Crippen molar-refractivity contribution in [1.29, 1.82) is 0 Å². The Kier molecular flexibility index (Phi) is 2.44. The van der Waals surface area contributed by atoms with Crippen molar-refractivity contribution in [2.24, 2.45) is 7.05 Å². The van der Waals surface area contributed by atoms with Gasteiger partial charge in [-0.2, -0.15) is 0 Å². The van der Waals surface area contributed by atoms with E-state index in [-0.39, 0.29) is 5.43 Å². The van der Waals surface area contributed by atoms with Crippen LogP contribution in [0.4, 0.5) is 0 Å². The van der Waals surface area contributed by atoms with Gasteiger partial charge in [0.05, 0.1) is 11.0 Å². The fourth-order valence-electron chi connectivity index (χ4n) is 2.51. The van der Waals surface area contributed by atoms with Crippen LogP contribution < -0.4 is 5.43 Å². The van der Waals surface area contributed by atoms with Crippen LogP contribution in [0.5, 0.6) is 0 Å². The Labute approximate surface area is 105 Å². The van der Waals surface area contributed by atoms with Crippen molar-refractivity contribution in [3.8, 4) is 0 Å². The molecule has 0 aliphatic carbocycles. The van der Waals surface area contributed by atoms with Gasteiger partial charge in [-0.3, -0.25) is 4.79 Å². The first-order chi connectivity index (χ1) is 8.72. The second-order valence-corrected chi connectivity index (χ2v) is 4.61. The number of hydrogen-bond donors (Lipinski definition) is 0. The number of rotatable bonds is 1. The summed E-state index contributed by atoms with van der Waals surface area (Å²) >= 11 is 0. The molecule has 3 aromatic rings. The molecule has 0 amide bonds. The third kappa shape index (κ3) is 1.46. The lowest BCUT2D eigenvalue weighted by Crippen LogP contribution is -2.09.